The summed E-state index contributed by atoms with van der Waals surface area (Å²) in [6, 6.07) is 13.7. The Balaban J connectivity index is 1.61. The van der Waals surface area contributed by atoms with Crippen LogP contribution in [-0.2, 0) is 11.3 Å². The van der Waals surface area contributed by atoms with Crippen LogP contribution in [0.1, 0.15) is 51.6 Å². The summed E-state index contributed by atoms with van der Waals surface area (Å²) < 4.78 is 7.76. The van der Waals surface area contributed by atoms with E-state index >= 15 is 0 Å². The van der Waals surface area contributed by atoms with Crippen molar-refractivity contribution in [3.63, 3.8) is 0 Å². The Hall–Kier alpha value is -3.06. The number of amides is 1. The highest BCUT2D eigenvalue weighted by Crippen LogP contribution is 2.37. The van der Waals surface area contributed by atoms with Gasteiger partial charge in [0, 0.05) is 42.2 Å². The molecule has 1 amide bonds. The van der Waals surface area contributed by atoms with Gasteiger partial charge in [-0.2, -0.15) is 5.10 Å². The molecular formula is C28H38N4O3. The molecule has 7 heteroatoms. The van der Waals surface area contributed by atoms with E-state index in [1.165, 1.54) is 5.69 Å². The molecule has 7 nitrogen and oxygen atoms in total. The van der Waals surface area contributed by atoms with E-state index in [0.29, 0.717) is 19.0 Å². The SMILES string of the molecule is CN(C)CCCn1nc2cc(-c3ccccc3O)ccc2c1C1CCN(C(=O)OC(C)(C)C)CC1. The summed E-state index contributed by atoms with van der Waals surface area (Å²) in [7, 11) is 4.18. The van der Waals surface area contributed by atoms with Crippen molar-refractivity contribution >= 4 is 17.0 Å². The van der Waals surface area contributed by atoms with Crippen molar-refractivity contribution in [2.75, 3.05) is 33.7 Å². The highest BCUT2D eigenvalue weighted by atomic mass is 16.6. The molecule has 1 aromatic heterocycles. The Morgan fingerprint density at radius 3 is 2.51 bits per heavy atom. The third-order valence-corrected chi connectivity index (χ3v) is 6.50. The Kier molecular flexibility index (Phi) is 7.36. The van der Waals surface area contributed by atoms with Crippen LogP contribution >= 0.6 is 0 Å². The summed E-state index contributed by atoms with van der Waals surface area (Å²) in [6.45, 7) is 8.91. The number of nitrogens with zero attached hydrogens (tertiary/aromatic N) is 4. The first kappa shape index (κ1) is 25.0. The molecule has 0 saturated carbocycles. The number of likely N-dealkylation sites (tertiary alicyclic amines) is 1. The number of piperidine rings is 1. The molecule has 0 atom stereocenters. The number of hydrogen-bond acceptors (Lipinski definition) is 5. The number of para-hydroxylation sites is 1. The third kappa shape index (κ3) is 5.96. The molecule has 2 heterocycles. The fourth-order valence-electron chi connectivity index (χ4n) is 4.84. The molecular weight excluding hydrogens is 440 g/mol. The number of fused-ring (bicyclic) bond motifs is 1. The maximum Gasteiger partial charge on any atom is 0.410 e. The summed E-state index contributed by atoms with van der Waals surface area (Å²) >= 11 is 0. The fraction of sp³-hybridized carbons (Fsp3) is 0.500. The Labute approximate surface area is 208 Å². The summed E-state index contributed by atoms with van der Waals surface area (Å²) in [5, 5.41) is 16.5. The second-order valence-electron chi connectivity index (χ2n) is 10.8. The van der Waals surface area contributed by atoms with Gasteiger partial charge in [-0.3, -0.25) is 4.68 Å². The van der Waals surface area contributed by atoms with E-state index in [0.717, 1.165) is 54.4 Å². The average molecular weight is 479 g/mol. The van der Waals surface area contributed by atoms with E-state index in [1.807, 2.05) is 43.9 Å². The number of carbonyl (C=O) groups is 1. The third-order valence-electron chi connectivity index (χ3n) is 6.50. The van der Waals surface area contributed by atoms with Gasteiger partial charge in [0.25, 0.3) is 0 Å². The smallest absolute Gasteiger partial charge is 0.410 e. The Morgan fingerprint density at radius 1 is 1.14 bits per heavy atom. The molecule has 1 aliphatic rings. The van der Waals surface area contributed by atoms with Crippen LogP contribution in [0.5, 0.6) is 5.75 Å². The van der Waals surface area contributed by atoms with Crippen LogP contribution in [0.15, 0.2) is 42.5 Å². The second kappa shape index (κ2) is 10.3. The van der Waals surface area contributed by atoms with Gasteiger partial charge in [0.05, 0.1) is 5.52 Å². The predicted molar refractivity (Wildman–Crippen MR) is 140 cm³/mol. The van der Waals surface area contributed by atoms with Gasteiger partial charge in [0.15, 0.2) is 0 Å². The van der Waals surface area contributed by atoms with E-state index in [2.05, 4.69) is 41.9 Å². The van der Waals surface area contributed by atoms with Crippen molar-refractivity contribution < 1.29 is 14.6 Å². The number of hydrogen-bond donors (Lipinski definition) is 1. The standard InChI is InChI=1S/C28H38N4O3/c1-28(2,3)35-27(34)31-17-13-20(14-18-31)26-23-12-11-21(22-9-6-7-10-25(22)33)19-24(23)29-32(26)16-8-15-30(4)5/h6-7,9-12,19-20,33H,8,13-18H2,1-5H3. The van der Waals surface area contributed by atoms with Gasteiger partial charge in [-0.05, 0) is 78.4 Å². The van der Waals surface area contributed by atoms with Crippen LogP contribution in [0.3, 0.4) is 0 Å². The lowest BCUT2D eigenvalue weighted by Gasteiger charge is -2.33. The topological polar surface area (TPSA) is 70.8 Å². The van der Waals surface area contributed by atoms with Crippen molar-refractivity contribution in [1.82, 2.24) is 19.6 Å². The van der Waals surface area contributed by atoms with Crippen molar-refractivity contribution in [2.24, 2.45) is 0 Å². The van der Waals surface area contributed by atoms with E-state index in [4.69, 9.17) is 9.84 Å². The van der Waals surface area contributed by atoms with E-state index in [1.54, 1.807) is 6.07 Å². The van der Waals surface area contributed by atoms with Crippen LogP contribution in [0, 0.1) is 0 Å². The maximum absolute atomic E-state index is 12.6. The molecule has 0 spiro atoms. The Bertz CT molecular complexity index is 1170. The maximum atomic E-state index is 12.6. The monoisotopic (exact) mass is 478 g/mol. The quantitative estimate of drug-likeness (QED) is 0.508. The van der Waals surface area contributed by atoms with Gasteiger partial charge in [0.2, 0.25) is 0 Å². The fourth-order valence-corrected chi connectivity index (χ4v) is 4.84. The van der Waals surface area contributed by atoms with E-state index in [9.17, 15) is 9.90 Å². The minimum atomic E-state index is -0.486. The molecule has 35 heavy (non-hydrogen) atoms. The van der Waals surface area contributed by atoms with Crippen LogP contribution in [0.2, 0.25) is 0 Å². The summed E-state index contributed by atoms with van der Waals surface area (Å²) in [5.41, 5.74) is 3.48. The number of aromatic nitrogens is 2. The molecule has 3 aromatic rings. The summed E-state index contributed by atoms with van der Waals surface area (Å²) in [5.74, 6) is 0.598. The first-order valence-corrected chi connectivity index (χ1v) is 12.5. The number of carbonyl (C=O) groups excluding carboxylic acids is 1. The van der Waals surface area contributed by atoms with Crippen molar-refractivity contribution in [1.29, 1.82) is 0 Å². The first-order valence-electron chi connectivity index (χ1n) is 12.5. The average Bonchev–Trinajstić information content (AvgIpc) is 3.15. The van der Waals surface area contributed by atoms with Crippen LogP contribution in [-0.4, -0.2) is 70.1 Å². The number of phenolic OH excluding ortho intramolecular Hbond substituents is 1. The number of aromatic hydroxyl groups is 1. The largest absolute Gasteiger partial charge is 0.507 e. The number of aryl methyl sites for hydroxylation is 1. The van der Waals surface area contributed by atoms with Gasteiger partial charge in [-0.1, -0.05) is 30.3 Å². The molecule has 188 valence electrons. The molecule has 1 aliphatic heterocycles. The zero-order valence-corrected chi connectivity index (χ0v) is 21.6. The van der Waals surface area contributed by atoms with Crippen molar-refractivity contribution in [2.45, 2.75) is 58.1 Å². The lowest BCUT2D eigenvalue weighted by Crippen LogP contribution is -2.41. The molecule has 1 saturated heterocycles. The minimum Gasteiger partial charge on any atom is -0.507 e. The normalized spacial score (nSPS) is 15.2. The molecule has 0 bridgehead atoms. The van der Waals surface area contributed by atoms with Gasteiger partial charge in [0.1, 0.15) is 11.4 Å². The molecule has 4 rings (SSSR count). The molecule has 0 radical (unpaired) electrons. The summed E-state index contributed by atoms with van der Waals surface area (Å²) in [4.78, 5) is 16.6. The van der Waals surface area contributed by atoms with Gasteiger partial charge in [-0.25, -0.2) is 4.79 Å². The zero-order chi connectivity index (χ0) is 25.2. The molecule has 1 N–H and O–H groups in total. The number of benzene rings is 2. The highest BCUT2D eigenvalue weighted by molar-refractivity contribution is 5.88. The van der Waals surface area contributed by atoms with Gasteiger partial charge < -0.3 is 19.6 Å². The summed E-state index contributed by atoms with van der Waals surface area (Å²) in [6.07, 6.45) is 2.55. The lowest BCUT2D eigenvalue weighted by molar-refractivity contribution is 0.0203. The number of rotatable bonds is 6. The van der Waals surface area contributed by atoms with Gasteiger partial charge >= 0.3 is 6.09 Å². The zero-order valence-electron chi connectivity index (χ0n) is 21.6. The number of ether oxygens (including phenoxy) is 1. The molecule has 0 aliphatic carbocycles. The van der Waals surface area contributed by atoms with E-state index in [-0.39, 0.29) is 11.8 Å². The predicted octanol–water partition coefficient (Wildman–Crippen LogP) is 5.48. The van der Waals surface area contributed by atoms with Crippen LogP contribution < -0.4 is 0 Å². The van der Waals surface area contributed by atoms with Crippen LogP contribution in [0.25, 0.3) is 22.0 Å². The lowest BCUT2D eigenvalue weighted by atomic mass is 9.91. The van der Waals surface area contributed by atoms with Crippen molar-refractivity contribution in [3.05, 3.63) is 48.2 Å². The van der Waals surface area contributed by atoms with E-state index < -0.39 is 5.60 Å². The van der Waals surface area contributed by atoms with Crippen molar-refractivity contribution in [3.8, 4) is 16.9 Å². The molecule has 0 unspecified atom stereocenters. The molecule has 1 fully saturated rings. The number of phenols is 1. The Morgan fingerprint density at radius 2 is 1.86 bits per heavy atom. The van der Waals surface area contributed by atoms with Crippen LogP contribution in [0.4, 0.5) is 4.79 Å². The molecule has 2 aromatic carbocycles. The minimum absolute atomic E-state index is 0.229. The van der Waals surface area contributed by atoms with Gasteiger partial charge in [-0.15, -0.1) is 0 Å². The highest BCUT2D eigenvalue weighted by Gasteiger charge is 2.30. The second-order valence-corrected chi connectivity index (χ2v) is 10.8. The first-order chi connectivity index (χ1) is 16.6.